The SMILES string of the molecule is Nc1cc2c(cc1C(F)(F)F)OCO2. The van der Waals surface area contributed by atoms with Crippen molar-refractivity contribution in [3.63, 3.8) is 0 Å². The van der Waals surface area contributed by atoms with E-state index in [9.17, 15) is 13.2 Å². The fourth-order valence-corrected chi connectivity index (χ4v) is 1.20. The topological polar surface area (TPSA) is 44.5 Å². The summed E-state index contributed by atoms with van der Waals surface area (Å²) in [6, 6.07) is 1.96. The number of benzene rings is 1. The van der Waals surface area contributed by atoms with Crippen molar-refractivity contribution in [2.45, 2.75) is 6.18 Å². The van der Waals surface area contributed by atoms with Crippen LogP contribution in [-0.2, 0) is 6.18 Å². The highest BCUT2D eigenvalue weighted by atomic mass is 19.4. The predicted octanol–water partition coefficient (Wildman–Crippen LogP) is 2.02. The average Bonchev–Trinajstić information content (AvgIpc) is 2.47. The van der Waals surface area contributed by atoms with Gasteiger partial charge in [0, 0.05) is 11.8 Å². The lowest BCUT2D eigenvalue weighted by Crippen LogP contribution is -2.08. The first-order chi connectivity index (χ1) is 6.48. The van der Waals surface area contributed by atoms with Gasteiger partial charge in [-0.05, 0) is 6.07 Å². The van der Waals surface area contributed by atoms with E-state index in [1.807, 2.05) is 0 Å². The van der Waals surface area contributed by atoms with Crippen molar-refractivity contribution in [2.24, 2.45) is 0 Å². The molecule has 0 saturated heterocycles. The minimum absolute atomic E-state index is 0.0733. The number of rotatable bonds is 0. The first-order valence-electron chi connectivity index (χ1n) is 3.75. The minimum Gasteiger partial charge on any atom is -0.454 e. The Bertz CT molecular complexity index is 376. The van der Waals surface area contributed by atoms with Crippen molar-refractivity contribution in [1.82, 2.24) is 0 Å². The van der Waals surface area contributed by atoms with E-state index in [1.54, 1.807) is 0 Å². The molecule has 0 spiro atoms. The Balaban J connectivity index is 2.53. The van der Waals surface area contributed by atoms with Gasteiger partial charge in [0.25, 0.3) is 0 Å². The van der Waals surface area contributed by atoms with Gasteiger partial charge in [0.1, 0.15) is 0 Å². The van der Waals surface area contributed by atoms with E-state index < -0.39 is 11.7 Å². The van der Waals surface area contributed by atoms with E-state index in [0.29, 0.717) is 0 Å². The summed E-state index contributed by atoms with van der Waals surface area (Å²) >= 11 is 0. The molecule has 2 N–H and O–H groups in total. The van der Waals surface area contributed by atoms with Crippen LogP contribution in [0, 0.1) is 0 Å². The van der Waals surface area contributed by atoms with Crippen LogP contribution in [0.5, 0.6) is 11.5 Å². The van der Waals surface area contributed by atoms with Gasteiger partial charge in [-0.3, -0.25) is 0 Å². The lowest BCUT2D eigenvalue weighted by Gasteiger charge is -2.10. The second kappa shape index (κ2) is 2.70. The number of anilines is 1. The van der Waals surface area contributed by atoms with E-state index in [2.05, 4.69) is 0 Å². The van der Waals surface area contributed by atoms with Gasteiger partial charge in [0.15, 0.2) is 11.5 Å². The van der Waals surface area contributed by atoms with Crippen LogP contribution in [-0.4, -0.2) is 6.79 Å². The molecule has 0 bridgehead atoms. The smallest absolute Gasteiger partial charge is 0.418 e. The molecule has 0 saturated carbocycles. The third-order valence-electron chi connectivity index (χ3n) is 1.85. The molecule has 6 heteroatoms. The van der Waals surface area contributed by atoms with E-state index >= 15 is 0 Å². The quantitative estimate of drug-likeness (QED) is 0.659. The van der Waals surface area contributed by atoms with Gasteiger partial charge in [0.05, 0.1) is 5.56 Å². The molecular formula is C8H6F3NO2. The maximum atomic E-state index is 12.3. The normalized spacial score (nSPS) is 14.5. The largest absolute Gasteiger partial charge is 0.454 e. The lowest BCUT2D eigenvalue weighted by molar-refractivity contribution is -0.137. The number of ether oxygens (including phenoxy) is 2. The number of hydrogen-bond donors (Lipinski definition) is 1. The van der Waals surface area contributed by atoms with Crippen molar-refractivity contribution in [3.8, 4) is 11.5 Å². The molecule has 2 rings (SSSR count). The minimum atomic E-state index is -4.47. The van der Waals surface area contributed by atoms with Crippen molar-refractivity contribution in [3.05, 3.63) is 17.7 Å². The van der Waals surface area contributed by atoms with Crippen LogP contribution < -0.4 is 15.2 Å². The molecule has 1 heterocycles. The van der Waals surface area contributed by atoms with Gasteiger partial charge in [-0.2, -0.15) is 13.2 Å². The van der Waals surface area contributed by atoms with Gasteiger partial charge in [0.2, 0.25) is 6.79 Å². The zero-order valence-electron chi connectivity index (χ0n) is 6.89. The third-order valence-corrected chi connectivity index (χ3v) is 1.85. The van der Waals surface area contributed by atoms with Gasteiger partial charge in [-0.1, -0.05) is 0 Å². The maximum Gasteiger partial charge on any atom is 0.418 e. The Labute approximate surface area is 77.2 Å². The van der Waals surface area contributed by atoms with Crippen LogP contribution in [0.25, 0.3) is 0 Å². The number of hydrogen-bond acceptors (Lipinski definition) is 3. The zero-order valence-corrected chi connectivity index (χ0v) is 6.89. The number of nitrogen functional groups attached to an aromatic ring is 1. The summed E-state index contributed by atoms with van der Waals surface area (Å²) < 4.78 is 46.7. The average molecular weight is 205 g/mol. The van der Waals surface area contributed by atoms with Gasteiger partial charge >= 0.3 is 6.18 Å². The molecule has 1 aliphatic heterocycles. The maximum absolute atomic E-state index is 12.3. The number of nitrogens with two attached hydrogens (primary N) is 1. The summed E-state index contributed by atoms with van der Waals surface area (Å²) in [5.74, 6) is 0.321. The van der Waals surface area contributed by atoms with Crippen LogP contribution in [0.3, 0.4) is 0 Å². The van der Waals surface area contributed by atoms with E-state index in [1.165, 1.54) is 0 Å². The van der Waals surface area contributed by atoms with Crippen molar-refractivity contribution in [1.29, 1.82) is 0 Å². The zero-order chi connectivity index (χ0) is 10.3. The van der Waals surface area contributed by atoms with Crippen LogP contribution in [0.2, 0.25) is 0 Å². The molecule has 3 nitrogen and oxygen atoms in total. The van der Waals surface area contributed by atoms with Crippen LogP contribution in [0.1, 0.15) is 5.56 Å². The third kappa shape index (κ3) is 1.32. The Kier molecular flexibility index (Phi) is 1.73. The summed E-state index contributed by atoms with van der Waals surface area (Å²) in [6.45, 7) is -0.0733. The Morgan fingerprint density at radius 3 is 2.29 bits per heavy atom. The molecule has 0 atom stereocenters. The van der Waals surface area contributed by atoms with Crippen LogP contribution in [0.15, 0.2) is 12.1 Å². The first-order valence-corrected chi connectivity index (χ1v) is 3.75. The monoisotopic (exact) mass is 205 g/mol. The molecule has 1 aromatic rings. The molecule has 0 radical (unpaired) electrons. The fourth-order valence-electron chi connectivity index (χ4n) is 1.20. The van der Waals surface area contributed by atoms with Gasteiger partial charge in [-0.15, -0.1) is 0 Å². The molecule has 0 amide bonds. The van der Waals surface area contributed by atoms with Crippen molar-refractivity contribution >= 4 is 5.69 Å². The second-order valence-electron chi connectivity index (χ2n) is 2.79. The van der Waals surface area contributed by atoms with E-state index in [4.69, 9.17) is 15.2 Å². The Morgan fingerprint density at radius 1 is 1.14 bits per heavy atom. The molecule has 76 valence electrons. The Morgan fingerprint density at radius 2 is 1.71 bits per heavy atom. The summed E-state index contributed by atoms with van der Waals surface area (Å²) in [5, 5.41) is 0. The molecule has 0 aromatic heterocycles. The number of alkyl halides is 3. The summed E-state index contributed by atoms with van der Waals surface area (Å²) in [4.78, 5) is 0. The number of fused-ring (bicyclic) bond motifs is 1. The second-order valence-corrected chi connectivity index (χ2v) is 2.79. The fraction of sp³-hybridized carbons (Fsp3) is 0.250. The predicted molar refractivity (Wildman–Crippen MR) is 42.0 cm³/mol. The Hall–Kier alpha value is -1.59. The molecule has 14 heavy (non-hydrogen) atoms. The van der Waals surface area contributed by atoms with Crippen molar-refractivity contribution in [2.75, 3.05) is 12.5 Å². The highest BCUT2D eigenvalue weighted by Gasteiger charge is 2.35. The highest BCUT2D eigenvalue weighted by Crippen LogP contribution is 2.42. The highest BCUT2D eigenvalue weighted by molar-refractivity contribution is 5.59. The lowest BCUT2D eigenvalue weighted by atomic mass is 10.1. The summed E-state index contributed by atoms with van der Waals surface area (Å²) in [7, 11) is 0. The molecule has 0 unspecified atom stereocenters. The molecule has 0 fully saturated rings. The molecule has 1 aliphatic rings. The number of halogens is 3. The van der Waals surface area contributed by atoms with Crippen LogP contribution in [0.4, 0.5) is 18.9 Å². The first kappa shape index (κ1) is 8.98. The summed E-state index contributed by atoms with van der Waals surface area (Å²) in [6.07, 6.45) is -4.47. The summed E-state index contributed by atoms with van der Waals surface area (Å²) in [5.41, 5.74) is 3.96. The van der Waals surface area contributed by atoms with E-state index in [0.717, 1.165) is 12.1 Å². The van der Waals surface area contributed by atoms with Gasteiger partial charge in [-0.25, -0.2) is 0 Å². The molecular weight excluding hydrogens is 199 g/mol. The molecule has 0 aliphatic carbocycles. The van der Waals surface area contributed by atoms with Crippen LogP contribution >= 0.6 is 0 Å². The van der Waals surface area contributed by atoms with Crippen molar-refractivity contribution < 1.29 is 22.6 Å². The van der Waals surface area contributed by atoms with E-state index in [-0.39, 0.29) is 24.0 Å². The van der Waals surface area contributed by atoms with Gasteiger partial charge < -0.3 is 15.2 Å². The molecule has 1 aromatic carbocycles. The standard InChI is InChI=1S/C8H6F3NO2/c9-8(10,11)4-1-6-7(2-5(4)12)14-3-13-6/h1-2H,3,12H2.